The number of nitrogens with two attached hydrogens (primary N) is 2. The fraction of sp³-hybridized carbons (Fsp3) is 0.444. The van der Waals surface area contributed by atoms with E-state index in [1.165, 1.54) is 0 Å². The molecule has 0 saturated heterocycles. The van der Waals surface area contributed by atoms with Crippen molar-refractivity contribution < 1.29 is 29.1 Å². The zero-order valence-corrected chi connectivity index (χ0v) is 9.74. The van der Waals surface area contributed by atoms with Crippen LogP contribution in [-0.4, -0.2) is 58.6 Å². The Hall–Kier alpha value is -2.65. The molecule has 0 saturated carbocycles. The topological polar surface area (TPSA) is 165 Å². The number of hydrogen-bond donors (Lipinski definition) is 3. The lowest BCUT2D eigenvalue weighted by Gasteiger charge is -2.21. The van der Waals surface area contributed by atoms with E-state index in [9.17, 15) is 19.2 Å². The lowest BCUT2D eigenvalue weighted by atomic mass is 10.1. The molecule has 1 aliphatic rings. The lowest BCUT2D eigenvalue weighted by Crippen LogP contribution is -2.47. The van der Waals surface area contributed by atoms with Gasteiger partial charge >= 0.3 is 5.97 Å². The second-order valence-corrected chi connectivity index (χ2v) is 3.77. The predicted octanol–water partition coefficient (Wildman–Crippen LogP) is -2.98. The number of carboxylic acid groups (broad SMARTS) is 1. The van der Waals surface area contributed by atoms with E-state index in [-0.39, 0.29) is 12.1 Å². The highest BCUT2D eigenvalue weighted by molar-refractivity contribution is 6.36. The molecule has 1 atom stereocenters. The molecule has 10 nitrogen and oxygen atoms in total. The van der Waals surface area contributed by atoms with Crippen LogP contribution in [0.2, 0.25) is 0 Å². The fourth-order valence-corrected chi connectivity index (χ4v) is 1.43. The fourth-order valence-electron chi connectivity index (χ4n) is 1.43. The van der Waals surface area contributed by atoms with Gasteiger partial charge in [0.1, 0.15) is 0 Å². The third kappa shape index (κ3) is 3.94. The van der Waals surface area contributed by atoms with Gasteiger partial charge in [0.15, 0.2) is 5.71 Å². The maximum atomic E-state index is 11.9. The van der Waals surface area contributed by atoms with Crippen molar-refractivity contribution in [1.82, 2.24) is 4.90 Å². The largest absolute Gasteiger partial charge is 0.477 e. The SMILES string of the molecule is NC(=O)CN(CC(N)=O)C(=O)C1CC(C(=O)O)=NO1. The van der Waals surface area contributed by atoms with E-state index in [0.717, 1.165) is 4.90 Å². The molecular weight excluding hydrogens is 260 g/mol. The number of carboxylic acids is 1. The second kappa shape index (κ2) is 5.80. The molecule has 0 spiro atoms. The Balaban J connectivity index is 2.70. The number of oxime groups is 1. The van der Waals surface area contributed by atoms with Gasteiger partial charge in [0.25, 0.3) is 5.91 Å². The standard InChI is InChI=1S/C9H12N4O6/c10-6(14)2-13(3-7(11)15)8(16)5-1-4(9(17)18)12-19-5/h5H,1-3H2,(H2,10,14)(H2,11,15)(H,17,18). The summed E-state index contributed by atoms with van der Waals surface area (Å²) in [4.78, 5) is 49.5. The molecule has 1 aliphatic heterocycles. The summed E-state index contributed by atoms with van der Waals surface area (Å²) in [5, 5.41) is 11.9. The van der Waals surface area contributed by atoms with Crippen LogP contribution in [0.25, 0.3) is 0 Å². The monoisotopic (exact) mass is 272 g/mol. The van der Waals surface area contributed by atoms with Gasteiger partial charge in [0, 0.05) is 6.42 Å². The van der Waals surface area contributed by atoms with E-state index in [4.69, 9.17) is 16.6 Å². The van der Waals surface area contributed by atoms with Crippen molar-refractivity contribution in [1.29, 1.82) is 0 Å². The summed E-state index contributed by atoms with van der Waals surface area (Å²) in [6.07, 6.45) is -1.47. The molecule has 5 N–H and O–H groups in total. The minimum atomic E-state index is -1.31. The van der Waals surface area contributed by atoms with E-state index in [2.05, 4.69) is 9.99 Å². The molecule has 19 heavy (non-hydrogen) atoms. The van der Waals surface area contributed by atoms with Crippen LogP contribution in [0.3, 0.4) is 0 Å². The number of aliphatic carboxylic acids is 1. The Labute approximate surface area is 106 Å². The molecule has 0 aromatic carbocycles. The zero-order valence-electron chi connectivity index (χ0n) is 9.74. The highest BCUT2D eigenvalue weighted by atomic mass is 16.6. The van der Waals surface area contributed by atoms with Crippen LogP contribution in [-0.2, 0) is 24.0 Å². The second-order valence-electron chi connectivity index (χ2n) is 3.77. The van der Waals surface area contributed by atoms with E-state index in [1.54, 1.807) is 0 Å². The smallest absolute Gasteiger partial charge is 0.353 e. The van der Waals surface area contributed by atoms with Crippen LogP contribution < -0.4 is 11.5 Å². The number of carbonyl (C=O) groups is 4. The highest BCUT2D eigenvalue weighted by Gasteiger charge is 2.35. The van der Waals surface area contributed by atoms with E-state index in [1.807, 2.05) is 0 Å². The summed E-state index contributed by atoms with van der Waals surface area (Å²) >= 11 is 0. The van der Waals surface area contributed by atoms with Gasteiger partial charge in [0.2, 0.25) is 17.9 Å². The quantitative estimate of drug-likeness (QED) is 0.466. The lowest BCUT2D eigenvalue weighted by molar-refractivity contribution is -0.146. The third-order valence-corrected chi connectivity index (χ3v) is 2.20. The van der Waals surface area contributed by atoms with Crippen molar-refractivity contribution in [2.75, 3.05) is 13.1 Å². The molecule has 104 valence electrons. The Kier molecular flexibility index (Phi) is 4.40. The normalized spacial score (nSPS) is 17.3. The van der Waals surface area contributed by atoms with Gasteiger partial charge in [-0.1, -0.05) is 5.16 Å². The molecule has 0 radical (unpaired) electrons. The highest BCUT2D eigenvalue weighted by Crippen LogP contribution is 2.13. The molecule has 0 aliphatic carbocycles. The molecule has 10 heteroatoms. The number of amides is 3. The van der Waals surface area contributed by atoms with Gasteiger partial charge in [0.05, 0.1) is 13.1 Å². The number of rotatable bonds is 6. The summed E-state index contributed by atoms with van der Waals surface area (Å²) in [7, 11) is 0. The Morgan fingerprint density at radius 1 is 1.26 bits per heavy atom. The van der Waals surface area contributed by atoms with Crippen molar-refractivity contribution in [2.45, 2.75) is 12.5 Å². The first-order valence-electron chi connectivity index (χ1n) is 5.12. The van der Waals surface area contributed by atoms with Gasteiger partial charge in [-0.05, 0) is 0 Å². The minimum absolute atomic E-state index is 0.262. The minimum Gasteiger partial charge on any atom is -0.477 e. The van der Waals surface area contributed by atoms with Crippen molar-refractivity contribution in [2.24, 2.45) is 16.6 Å². The van der Waals surface area contributed by atoms with Gasteiger partial charge in [-0.3, -0.25) is 14.4 Å². The molecule has 1 unspecified atom stereocenters. The van der Waals surface area contributed by atoms with Gasteiger partial charge in [-0.25, -0.2) is 4.79 Å². The van der Waals surface area contributed by atoms with Crippen LogP contribution in [0.15, 0.2) is 5.16 Å². The summed E-state index contributed by atoms with van der Waals surface area (Å²) in [6, 6.07) is 0. The molecule has 0 aromatic heterocycles. The van der Waals surface area contributed by atoms with E-state index < -0.39 is 42.9 Å². The summed E-state index contributed by atoms with van der Waals surface area (Å²) in [5.41, 5.74) is 9.54. The van der Waals surface area contributed by atoms with Crippen LogP contribution in [0.4, 0.5) is 0 Å². The number of carbonyl (C=O) groups excluding carboxylic acids is 3. The summed E-state index contributed by atoms with van der Waals surface area (Å²) in [6.45, 7) is -1.05. The maximum absolute atomic E-state index is 11.9. The summed E-state index contributed by atoms with van der Waals surface area (Å²) in [5.74, 6) is -3.77. The number of hydrogen-bond acceptors (Lipinski definition) is 6. The van der Waals surface area contributed by atoms with Gasteiger partial charge < -0.3 is 26.3 Å². The Bertz CT molecular complexity index is 444. The zero-order chi connectivity index (χ0) is 14.6. The van der Waals surface area contributed by atoms with Crippen LogP contribution in [0.1, 0.15) is 6.42 Å². The van der Waals surface area contributed by atoms with Crippen LogP contribution in [0, 0.1) is 0 Å². The molecule has 0 bridgehead atoms. The number of primary amides is 2. The van der Waals surface area contributed by atoms with Crippen molar-refractivity contribution in [3.05, 3.63) is 0 Å². The molecule has 0 fully saturated rings. The van der Waals surface area contributed by atoms with Crippen molar-refractivity contribution >= 4 is 29.4 Å². The molecular formula is C9H12N4O6. The molecule has 3 amide bonds. The first kappa shape index (κ1) is 14.4. The van der Waals surface area contributed by atoms with Gasteiger partial charge in [-0.2, -0.15) is 0 Å². The van der Waals surface area contributed by atoms with Crippen LogP contribution >= 0.6 is 0 Å². The molecule has 1 heterocycles. The number of nitrogens with zero attached hydrogens (tertiary/aromatic N) is 2. The first-order valence-corrected chi connectivity index (χ1v) is 5.12. The first-order chi connectivity index (χ1) is 8.81. The predicted molar refractivity (Wildman–Crippen MR) is 59.5 cm³/mol. The van der Waals surface area contributed by atoms with Crippen molar-refractivity contribution in [3.8, 4) is 0 Å². The van der Waals surface area contributed by atoms with E-state index in [0.29, 0.717) is 0 Å². The average Bonchev–Trinajstić information content (AvgIpc) is 2.75. The van der Waals surface area contributed by atoms with Crippen LogP contribution in [0.5, 0.6) is 0 Å². The molecule has 1 rings (SSSR count). The van der Waals surface area contributed by atoms with Crippen molar-refractivity contribution in [3.63, 3.8) is 0 Å². The Morgan fingerprint density at radius 3 is 2.16 bits per heavy atom. The maximum Gasteiger partial charge on any atom is 0.353 e. The third-order valence-electron chi connectivity index (χ3n) is 2.20. The van der Waals surface area contributed by atoms with E-state index >= 15 is 0 Å². The van der Waals surface area contributed by atoms with Gasteiger partial charge in [-0.15, -0.1) is 0 Å². The molecule has 0 aromatic rings. The Morgan fingerprint density at radius 2 is 1.79 bits per heavy atom. The average molecular weight is 272 g/mol. The summed E-state index contributed by atoms with van der Waals surface area (Å²) < 4.78 is 0.